The van der Waals surface area contributed by atoms with Gasteiger partial charge in [-0.05, 0) is 66.6 Å². The van der Waals surface area contributed by atoms with Crippen LogP contribution in [0.25, 0.3) is 0 Å². The summed E-state index contributed by atoms with van der Waals surface area (Å²) >= 11 is 0. The van der Waals surface area contributed by atoms with Gasteiger partial charge in [0.2, 0.25) is 23.6 Å². The van der Waals surface area contributed by atoms with E-state index in [1.54, 1.807) is 25.1 Å². The van der Waals surface area contributed by atoms with E-state index >= 15 is 0 Å². The Labute approximate surface area is 234 Å². The summed E-state index contributed by atoms with van der Waals surface area (Å²) in [4.78, 5) is 50.3. The third-order valence-electron chi connectivity index (χ3n) is 7.11. The van der Waals surface area contributed by atoms with Gasteiger partial charge in [-0.25, -0.2) is 8.78 Å². The van der Waals surface area contributed by atoms with Gasteiger partial charge in [0.15, 0.2) is 0 Å². The maximum atomic E-state index is 13.7. The molecule has 1 fully saturated rings. The first-order valence-corrected chi connectivity index (χ1v) is 13.2. The molecule has 2 aliphatic carbocycles. The van der Waals surface area contributed by atoms with Gasteiger partial charge in [-0.1, -0.05) is 26.8 Å². The number of imide groups is 1. The Morgan fingerprint density at radius 2 is 1.51 bits per heavy atom. The van der Waals surface area contributed by atoms with Gasteiger partial charge in [-0.2, -0.15) is 13.2 Å². The summed E-state index contributed by atoms with van der Waals surface area (Å²) in [5.41, 5.74) is -1.75. The molecule has 0 bridgehead atoms. The lowest BCUT2D eigenvalue weighted by molar-refractivity contribution is -0.199. The number of amides is 4. The number of carbonyl (C=O) groups is 4. The summed E-state index contributed by atoms with van der Waals surface area (Å²) < 4.78 is 68.4. The molecule has 2 N–H and O–H groups in total. The van der Waals surface area contributed by atoms with Crippen LogP contribution in [0.15, 0.2) is 36.4 Å². The number of benzene rings is 2. The first-order valence-electron chi connectivity index (χ1n) is 13.2. The van der Waals surface area contributed by atoms with Crippen molar-refractivity contribution < 1.29 is 41.1 Å². The predicted octanol–water partition coefficient (Wildman–Crippen LogP) is 5.07. The Morgan fingerprint density at radius 1 is 0.927 bits per heavy atom. The van der Waals surface area contributed by atoms with Gasteiger partial charge in [0, 0.05) is 25.2 Å². The number of fused-ring (bicyclic) bond motifs is 1. The van der Waals surface area contributed by atoms with Crippen LogP contribution in [0, 0.1) is 22.5 Å². The smallest absolute Gasteiger partial charge is 0.328 e. The summed E-state index contributed by atoms with van der Waals surface area (Å²) in [6, 6.07) is 7.22. The Kier molecular flexibility index (Phi) is 9.24. The normalized spacial score (nSPS) is 18.4. The first-order chi connectivity index (χ1) is 19.1. The lowest BCUT2D eigenvalue weighted by atomic mass is 9.86. The number of anilines is 1. The molecular formula is C29H32F5N3O4. The molecule has 2 aliphatic rings. The van der Waals surface area contributed by atoms with Gasteiger partial charge in [0.25, 0.3) is 0 Å². The molecule has 1 atom stereocenters. The summed E-state index contributed by atoms with van der Waals surface area (Å²) in [6.45, 7) is 5.55. The molecule has 4 amide bonds. The van der Waals surface area contributed by atoms with Crippen LogP contribution in [0.3, 0.4) is 0 Å². The number of hydrogen-bond acceptors (Lipinski definition) is 4. The fourth-order valence-electron chi connectivity index (χ4n) is 4.96. The SMILES string of the molecule is CC.CC(=O)NC(=O)[C@]1(C)Cc2ccc(NC(=O)CN(Cc3cc(F)cc(F)c3)C(=O)C3(C(F)(F)F)CC3)cc2C1. The average Bonchev–Trinajstić information content (AvgIpc) is 3.61. The van der Waals surface area contributed by atoms with Crippen molar-refractivity contribution in [3.8, 4) is 0 Å². The monoisotopic (exact) mass is 581 g/mol. The lowest BCUT2D eigenvalue weighted by Crippen LogP contribution is -2.46. The van der Waals surface area contributed by atoms with E-state index in [9.17, 15) is 41.1 Å². The van der Waals surface area contributed by atoms with Crippen molar-refractivity contribution in [1.82, 2.24) is 10.2 Å². The number of hydrogen-bond donors (Lipinski definition) is 2. The quantitative estimate of drug-likeness (QED) is 0.447. The van der Waals surface area contributed by atoms with E-state index in [-0.39, 0.29) is 17.7 Å². The van der Waals surface area contributed by atoms with E-state index in [2.05, 4.69) is 10.6 Å². The molecule has 0 saturated heterocycles. The van der Waals surface area contributed by atoms with E-state index in [4.69, 9.17) is 0 Å². The number of nitrogens with zero attached hydrogens (tertiary/aromatic N) is 1. The fourth-order valence-corrected chi connectivity index (χ4v) is 4.96. The maximum Gasteiger partial charge on any atom is 0.403 e. The summed E-state index contributed by atoms with van der Waals surface area (Å²) in [6.07, 6.45) is -5.07. The standard InChI is InChI=1S/C27H26F5N3O4.C2H6/c1-15(36)33-23(38)25(2)11-17-3-4-21(9-18(17)12-25)34-22(37)14-35(13-16-7-19(28)10-20(29)8-16)24(39)26(5-6-26)27(30,31)32;1-2/h3-4,7-10H,5-6,11-14H2,1-2H3,(H,34,37)(H,33,36,38);1-2H3/t25-;/m1./s1. The molecule has 2 aromatic carbocycles. The van der Waals surface area contributed by atoms with Gasteiger partial charge in [-0.3, -0.25) is 24.5 Å². The van der Waals surface area contributed by atoms with E-state index in [0.717, 1.165) is 23.3 Å². The summed E-state index contributed by atoms with van der Waals surface area (Å²) in [5.74, 6) is -5.01. The van der Waals surface area contributed by atoms with Crippen molar-refractivity contribution in [3.63, 3.8) is 0 Å². The number of carbonyl (C=O) groups excluding carboxylic acids is 4. The minimum Gasteiger partial charge on any atom is -0.328 e. The van der Waals surface area contributed by atoms with Crippen molar-refractivity contribution >= 4 is 29.3 Å². The van der Waals surface area contributed by atoms with Crippen LogP contribution in [0.1, 0.15) is 57.2 Å². The molecule has 12 heteroatoms. The van der Waals surface area contributed by atoms with Crippen molar-refractivity contribution in [1.29, 1.82) is 0 Å². The maximum absolute atomic E-state index is 13.7. The van der Waals surface area contributed by atoms with Crippen LogP contribution in [0.5, 0.6) is 0 Å². The third kappa shape index (κ3) is 7.09. The van der Waals surface area contributed by atoms with Crippen molar-refractivity contribution in [2.45, 2.75) is 66.1 Å². The Bertz CT molecular complexity index is 1340. The van der Waals surface area contributed by atoms with Crippen LogP contribution in [-0.4, -0.2) is 41.2 Å². The molecule has 0 aromatic heterocycles. The number of nitrogens with one attached hydrogen (secondary N) is 2. The molecule has 0 aliphatic heterocycles. The molecule has 222 valence electrons. The van der Waals surface area contributed by atoms with Gasteiger partial charge in [0.1, 0.15) is 23.6 Å². The lowest BCUT2D eigenvalue weighted by Gasteiger charge is -2.28. The van der Waals surface area contributed by atoms with Crippen LogP contribution in [0.2, 0.25) is 0 Å². The minimum atomic E-state index is -4.84. The number of rotatable bonds is 7. The van der Waals surface area contributed by atoms with Crippen LogP contribution in [0.4, 0.5) is 27.6 Å². The topological polar surface area (TPSA) is 95.6 Å². The number of halogens is 5. The Hall–Kier alpha value is -3.83. The zero-order valence-electron chi connectivity index (χ0n) is 23.2. The van der Waals surface area contributed by atoms with Gasteiger partial charge in [0.05, 0.1) is 5.41 Å². The molecule has 0 heterocycles. The minimum absolute atomic E-state index is 0.104. The molecular weight excluding hydrogens is 549 g/mol. The van der Waals surface area contributed by atoms with Crippen molar-refractivity contribution in [2.75, 3.05) is 11.9 Å². The van der Waals surface area contributed by atoms with Crippen LogP contribution in [-0.2, 0) is 38.6 Å². The number of alkyl halides is 3. The Balaban J connectivity index is 0.00000226. The molecule has 41 heavy (non-hydrogen) atoms. The molecule has 0 spiro atoms. The van der Waals surface area contributed by atoms with E-state index in [1.165, 1.54) is 6.92 Å². The fraction of sp³-hybridized carbons (Fsp3) is 0.448. The third-order valence-corrected chi connectivity index (χ3v) is 7.11. The zero-order valence-corrected chi connectivity index (χ0v) is 23.2. The van der Waals surface area contributed by atoms with E-state index in [1.807, 2.05) is 13.8 Å². The van der Waals surface area contributed by atoms with Crippen molar-refractivity contribution in [3.05, 3.63) is 64.7 Å². The van der Waals surface area contributed by atoms with Gasteiger partial charge < -0.3 is 10.2 Å². The predicted molar refractivity (Wildman–Crippen MR) is 140 cm³/mol. The summed E-state index contributed by atoms with van der Waals surface area (Å²) in [7, 11) is 0. The second kappa shape index (κ2) is 12.0. The van der Waals surface area contributed by atoms with Crippen LogP contribution < -0.4 is 10.6 Å². The highest BCUT2D eigenvalue weighted by Crippen LogP contribution is 2.58. The molecule has 4 rings (SSSR count). The average molecular weight is 582 g/mol. The van der Waals surface area contributed by atoms with E-state index < -0.39 is 78.2 Å². The molecule has 0 unspecified atom stereocenters. The van der Waals surface area contributed by atoms with Crippen LogP contribution >= 0.6 is 0 Å². The second-order valence-electron chi connectivity index (χ2n) is 10.5. The highest BCUT2D eigenvalue weighted by Gasteiger charge is 2.69. The van der Waals surface area contributed by atoms with Crippen molar-refractivity contribution in [2.24, 2.45) is 10.8 Å². The van der Waals surface area contributed by atoms with Gasteiger partial charge >= 0.3 is 6.18 Å². The highest BCUT2D eigenvalue weighted by molar-refractivity contribution is 5.98. The Morgan fingerprint density at radius 3 is 2.05 bits per heavy atom. The zero-order chi connectivity index (χ0) is 30.8. The molecule has 7 nitrogen and oxygen atoms in total. The van der Waals surface area contributed by atoms with E-state index in [0.29, 0.717) is 17.4 Å². The highest BCUT2D eigenvalue weighted by atomic mass is 19.4. The largest absolute Gasteiger partial charge is 0.403 e. The second-order valence-corrected chi connectivity index (χ2v) is 10.5. The molecule has 0 radical (unpaired) electrons. The molecule has 1 saturated carbocycles. The summed E-state index contributed by atoms with van der Waals surface area (Å²) in [5, 5.41) is 4.83. The molecule has 2 aromatic rings. The first kappa shape index (κ1) is 31.7. The van der Waals surface area contributed by atoms with Gasteiger partial charge in [-0.15, -0.1) is 0 Å².